The van der Waals surface area contributed by atoms with E-state index in [0.717, 1.165) is 17.0 Å². The highest BCUT2D eigenvalue weighted by atomic mass is 32.1. The first-order valence-electron chi connectivity index (χ1n) is 7.25. The van der Waals surface area contributed by atoms with E-state index >= 15 is 0 Å². The highest BCUT2D eigenvalue weighted by Crippen LogP contribution is 2.22. The Morgan fingerprint density at radius 3 is 2.60 bits per heavy atom. The van der Waals surface area contributed by atoms with Crippen molar-refractivity contribution in [2.75, 3.05) is 5.32 Å². The Labute approximate surface area is 146 Å². The number of hydrogen-bond donors (Lipinski definition) is 1. The number of carbonyl (C=O) groups is 1. The molecule has 0 aliphatic rings. The summed E-state index contributed by atoms with van der Waals surface area (Å²) in [6, 6.07) is 12.0. The van der Waals surface area contributed by atoms with Crippen LogP contribution in [0.3, 0.4) is 0 Å². The van der Waals surface area contributed by atoms with Gasteiger partial charge in [0.1, 0.15) is 0 Å². The Bertz CT molecular complexity index is 961. The van der Waals surface area contributed by atoms with Gasteiger partial charge >= 0.3 is 0 Å². The lowest BCUT2D eigenvalue weighted by atomic mass is 10.1. The van der Waals surface area contributed by atoms with Gasteiger partial charge in [-0.15, -0.1) is 11.3 Å². The van der Waals surface area contributed by atoms with Crippen LogP contribution in [0.25, 0.3) is 0 Å². The van der Waals surface area contributed by atoms with Crippen molar-refractivity contribution in [2.24, 2.45) is 0 Å². The van der Waals surface area contributed by atoms with Gasteiger partial charge in [0.25, 0.3) is 5.91 Å². The van der Waals surface area contributed by atoms with Gasteiger partial charge in [-0.05, 0) is 42.0 Å². The van der Waals surface area contributed by atoms with Crippen LogP contribution >= 0.6 is 11.3 Å². The highest BCUT2D eigenvalue weighted by molar-refractivity contribution is 7.15. The third-order valence-electron chi connectivity index (χ3n) is 3.41. The van der Waals surface area contributed by atoms with E-state index in [1.807, 2.05) is 6.07 Å². The van der Waals surface area contributed by atoms with E-state index in [2.05, 4.69) is 10.3 Å². The summed E-state index contributed by atoms with van der Waals surface area (Å²) in [6.45, 7) is 0. The van der Waals surface area contributed by atoms with Gasteiger partial charge in [-0.3, -0.25) is 10.1 Å². The van der Waals surface area contributed by atoms with Gasteiger partial charge < -0.3 is 0 Å². The number of halogens is 2. The van der Waals surface area contributed by atoms with E-state index in [4.69, 9.17) is 5.26 Å². The second-order valence-electron chi connectivity index (χ2n) is 5.20. The maximum absolute atomic E-state index is 13.2. The quantitative estimate of drug-likeness (QED) is 0.765. The molecule has 1 amide bonds. The zero-order chi connectivity index (χ0) is 17.8. The molecule has 0 spiro atoms. The van der Waals surface area contributed by atoms with Crippen LogP contribution in [0.15, 0.2) is 48.7 Å². The maximum atomic E-state index is 13.2. The van der Waals surface area contributed by atoms with Crippen molar-refractivity contribution >= 4 is 22.4 Å². The van der Waals surface area contributed by atoms with Crippen LogP contribution < -0.4 is 5.32 Å². The van der Waals surface area contributed by atoms with Crippen LogP contribution in [-0.4, -0.2) is 10.9 Å². The standard InChI is InChI=1S/C18H11F2N3OS/c19-15-6-3-12(8-16(15)20)7-14-10-22-18(25-14)23-17(24)13-4-1-11(9-21)2-5-13/h1-6,8,10H,7H2,(H,22,23,24). The van der Waals surface area contributed by atoms with Crippen molar-refractivity contribution in [3.63, 3.8) is 0 Å². The van der Waals surface area contributed by atoms with Crippen molar-refractivity contribution in [3.8, 4) is 6.07 Å². The molecule has 0 aliphatic carbocycles. The molecule has 0 aliphatic heterocycles. The van der Waals surface area contributed by atoms with Gasteiger partial charge in [0, 0.05) is 23.1 Å². The summed E-state index contributed by atoms with van der Waals surface area (Å²) in [5.74, 6) is -2.11. The lowest BCUT2D eigenvalue weighted by Crippen LogP contribution is -2.11. The van der Waals surface area contributed by atoms with E-state index in [0.29, 0.717) is 28.2 Å². The first kappa shape index (κ1) is 16.7. The van der Waals surface area contributed by atoms with Gasteiger partial charge in [-0.2, -0.15) is 5.26 Å². The molecule has 0 atom stereocenters. The van der Waals surface area contributed by atoms with E-state index in [1.165, 1.54) is 17.4 Å². The molecule has 0 saturated heterocycles. The summed E-state index contributed by atoms with van der Waals surface area (Å²) < 4.78 is 26.2. The SMILES string of the molecule is N#Cc1ccc(C(=O)Nc2ncc(Cc3ccc(F)c(F)c3)s2)cc1. The number of nitrogens with one attached hydrogen (secondary N) is 1. The van der Waals surface area contributed by atoms with E-state index in [1.54, 1.807) is 30.5 Å². The largest absolute Gasteiger partial charge is 0.298 e. The summed E-state index contributed by atoms with van der Waals surface area (Å²) in [4.78, 5) is 17.1. The maximum Gasteiger partial charge on any atom is 0.257 e. The van der Waals surface area contributed by atoms with Crippen LogP contribution in [0.4, 0.5) is 13.9 Å². The van der Waals surface area contributed by atoms with Crippen LogP contribution in [0.1, 0.15) is 26.4 Å². The lowest BCUT2D eigenvalue weighted by molar-refractivity contribution is 0.102. The second kappa shape index (κ2) is 7.20. The summed E-state index contributed by atoms with van der Waals surface area (Å²) in [5.41, 5.74) is 1.50. The van der Waals surface area contributed by atoms with Crippen molar-refractivity contribution in [2.45, 2.75) is 6.42 Å². The number of nitrogens with zero attached hydrogens (tertiary/aromatic N) is 2. The average molecular weight is 355 g/mol. The molecule has 0 fully saturated rings. The van der Waals surface area contributed by atoms with Gasteiger partial charge in [-0.25, -0.2) is 13.8 Å². The normalized spacial score (nSPS) is 10.3. The molecule has 1 heterocycles. The number of benzene rings is 2. The molecule has 0 bridgehead atoms. The van der Waals surface area contributed by atoms with Crippen LogP contribution in [-0.2, 0) is 6.42 Å². The summed E-state index contributed by atoms with van der Waals surface area (Å²) >= 11 is 1.26. The van der Waals surface area contributed by atoms with Crippen LogP contribution in [0, 0.1) is 23.0 Å². The van der Waals surface area contributed by atoms with Gasteiger partial charge in [0.15, 0.2) is 16.8 Å². The molecular weight excluding hydrogens is 344 g/mol. The molecule has 0 radical (unpaired) electrons. The van der Waals surface area contributed by atoms with Crippen molar-refractivity contribution in [1.29, 1.82) is 5.26 Å². The molecule has 25 heavy (non-hydrogen) atoms. The Morgan fingerprint density at radius 2 is 1.92 bits per heavy atom. The zero-order valence-electron chi connectivity index (χ0n) is 12.8. The molecule has 7 heteroatoms. The smallest absolute Gasteiger partial charge is 0.257 e. The molecule has 3 aromatic rings. The highest BCUT2D eigenvalue weighted by Gasteiger charge is 2.10. The fourth-order valence-electron chi connectivity index (χ4n) is 2.16. The first-order valence-corrected chi connectivity index (χ1v) is 8.07. The van der Waals surface area contributed by atoms with Crippen molar-refractivity contribution < 1.29 is 13.6 Å². The van der Waals surface area contributed by atoms with Crippen molar-refractivity contribution in [1.82, 2.24) is 4.98 Å². The molecule has 1 aromatic heterocycles. The molecule has 124 valence electrons. The molecular formula is C18H11F2N3OS. The molecule has 0 unspecified atom stereocenters. The molecule has 3 rings (SSSR count). The predicted octanol–water partition coefficient (Wildman–Crippen LogP) is 4.14. The third-order valence-corrected chi connectivity index (χ3v) is 4.33. The monoisotopic (exact) mass is 355 g/mol. The van der Waals surface area contributed by atoms with E-state index in [-0.39, 0.29) is 5.91 Å². The minimum absolute atomic E-state index is 0.335. The fourth-order valence-corrected chi connectivity index (χ4v) is 3.00. The van der Waals surface area contributed by atoms with Gasteiger partial charge in [0.05, 0.1) is 11.6 Å². The number of aromatic nitrogens is 1. The molecule has 0 saturated carbocycles. The molecule has 1 N–H and O–H groups in total. The zero-order valence-corrected chi connectivity index (χ0v) is 13.6. The number of thiazole rings is 1. The second-order valence-corrected chi connectivity index (χ2v) is 6.32. The Kier molecular flexibility index (Phi) is 4.82. The molecule has 2 aromatic carbocycles. The van der Waals surface area contributed by atoms with E-state index in [9.17, 15) is 13.6 Å². The van der Waals surface area contributed by atoms with Gasteiger partial charge in [-0.1, -0.05) is 6.07 Å². The number of amides is 1. The number of hydrogen-bond acceptors (Lipinski definition) is 4. The third kappa shape index (κ3) is 4.05. The summed E-state index contributed by atoms with van der Waals surface area (Å²) in [7, 11) is 0. The van der Waals surface area contributed by atoms with Gasteiger partial charge in [0.2, 0.25) is 0 Å². The molecule has 4 nitrogen and oxygen atoms in total. The number of nitriles is 1. The Hall–Kier alpha value is -3.11. The minimum Gasteiger partial charge on any atom is -0.298 e. The lowest BCUT2D eigenvalue weighted by Gasteiger charge is -2.01. The number of carbonyl (C=O) groups excluding carboxylic acids is 1. The summed E-state index contributed by atoms with van der Waals surface area (Å²) in [5, 5.41) is 11.8. The summed E-state index contributed by atoms with van der Waals surface area (Å²) in [6.07, 6.45) is 1.97. The Balaban J connectivity index is 1.67. The number of anilines is 1. The first-order chi connectivity index (χ1) is 12.0. The predicted molar refractivity (Wildman–Crippen MR) is 90.4 cm³/mol. The topological polar surface area (TPSA) is 65.8 Å². The van der Waals surface area contributed by atoms with Crippen LogP contribution in [0.2, 0.25) is 0 Å². The average Bonchev–Trinajstić information content (AvgIpc) is 3.05. The van der Waals surface area contributed by atoms with Crippen molar-refractivity contribution in [3.05, 3.63) is 81.9 Å². The van der Waals surface area contributed by atoms with Crippen LogP contribution in [0.5, 0.6) is 0 Å². The minimum atomic E-state index is -0.892. The fraction of sp³-hybridized carbons (Fsp3) is 0.0556. The number of rotatable bonds is 4. The Morgan fingerprint density at radius 1 is 1.16 bits per heavy atom. The van der Waals surface area contributed by atoms with E-state index < -0.39 is 11.6 Å².